The van der Waals surface area contributed by atoms with Crippen LogP contribution in [-0.4, -0.2) is 12.6 Å². The van der Waals surface area contributed by atoms with Gasteiger partial charge in [-0.3, -0.25) is 0 Å². The molecule has 0 fully saturated rings. The van der Waals surface area contributed by atoms with Crippen LogP contribution in [0, 0.1) is 0 Å². The van der Waals surface area contributed by atoms with Crippen molar-refractivity contribution in [2.45, 2.75) is 13.5 Å². The van der Waals surface area contributed by atoms with Gasteiger partial charge in [-0.2, -0.15) is 0 Å². The highest BCUT2D eigenvalue weighted by Crippen LogP contribution is 2.26. The van der Waals surface area contributed by atoms with Gasteiger partial charge in [0.1, 0.15) is 0 Å². The molecule has 0 radical (unpaired) electrons. The van der Waals surface area contributed by atoms with E-state index in [4.69, 9.17) is 10.5 Å². The zero-order chi connectivity index (χ0) is 14.5. The van der Waals surface area contributed by atoms with Gasteiger partial charge in [-0.1, -0.05) is 6.07 Å². The van der Waals surface area contributed by atoms with Gasteiger partial charge < -0.3 is 15.8 Å². The van der Waals surface area contributed by atoms with Gasteiger partial charge in [0.25, 0.3) is 0 Å². The molecule has 4 nitrogen and oxygen atoms in total. The summed E-state index contributed by atoms with van der Waals surface area (Å²) in [5, 5.41) is 5.26. The minimum Gasteiger partial charge on any atom is -0.462 e. The molecule has 106 valence electrons. The second-order valence-corrected chi connectivity index (χ2v) is 5.98. The normalized spacial score (nSPS) is 10.3. The molecule has 20 heavy (non-hydrogen) atoms. The largest absolute Gasteiger partial charge is 0.462 e. The summed E-state index contributed by atoms with van der Waals surface area (Å²) in [5.41, 5.74) is 7.56. The molecule has 1 aromatic heterocycles. The maximum absolute atomic E-state index is 11.8. The molecular formula is C14H15BrN2O2S. The number of esters is 1. The van der Waals surface area contributed by atoms with Crippen LogP contribution in [0.5, 0.6) is 0 Å². The average Bonchev–Trinajstić information content (AvgIpc) is 2.83. The molecule has 0 spiro atoms. The van der Waals surface area contributed by atoms with Gasteiger partial charge in [0.15, 0.2) is 0 Å². The molecule has 2 aromatic rings. The number of nitrogen functional groups attached to an aromatic ring is 1. The van der Waals surface area contributed by atoms with E-state index in [-0.39, 0.29) is 0 Å². The second-order valence-electron chi connectivity index (χ2n) is 4.07. The summed E-state index contributed by atoms with van der Waals surface area (Å²) in [7, 11) is 0. The molecule has 0 saturated heterocycles. The fourth-order valence-electron chi connectivity index (χ4n) is 1.74. The first-order valence-corrected chi connectivity index (χ1v) is 7.81. The van der Waals surface area contributed by atoms with Crippen molar-refractivity contribution < 1.29 is 9.53 Å². The van der Waals surface area contributed by atoms with E-state index in [1.165, 1.54) is 4.88 Å². The molecule has 0 atom stereocenters. The highest BCUT2D eigenvalue weighted by atomic mass is 79.9. The number of anilines is 2. The van der Waals surface area contributed by atoms with Crippen molar-refractivity contribution in [1.82, 2.24) is 0 Å². The van der Waals surface area contributed by atoms with E-state index in [0.717, 1.165) is 10.2 Å². The number of carbonyl (C=O) groups excluding carboxylic acids is 1. The number of nitrogens with one attached hydrogen (secondary N) is 1. The number of halogens is 1. The summed E-state index contributed by atoms with van der Waals surface area (Å²) in [6.07, 6.45) is 0. The topological polar surface area (TPSA) is 64.3 Å². The number of para-hydroxylation sites is 1. The van der Waals surface area contributed by atoms with Crippen LogP contribution >= 0.6 is 27.3 Å². The highest BCUT2D eigenvalue weighted by molar-refractivity contribution is 9.10. The van der Waals surface area contributed by atoms with E-state index in [1.807, 2.05) is 17.5 Å². The molecule has 0 bridgehead atoms. The quantitative estimate of drug-likeness (QED) is 0.631. The third-order valence-electron chi connectivity index (χ3n) is 2.68. The Morgan fingerprint density at radius 1 is 1.50 bits per heavy atom. The summed E-state index contributed by atoms with van der Waals surface area (Å²) in [5.74, 6) is -0.396. The van der Waals surface area contributed by atoms with Gasteiger partial charge in [0.05, 0.1) is 23.5 Å². The van der Waals surface area contributed by atoms with Crippen molar-refractivity contribution in [3.63, 3.8) is 0 Å². The Balaban J connectivity index is 2.12. The lowest BCUT2D eigenvalue weighted by Crippen LogP contribution is -2.10. The third-order valence-corrected chi connectivity index (χ3v) is 4.37. The highest BCUT2D eigenvalue weighted by Gasteiger charge is 2.13. The molecular weight excluding hydrogens is 340 g/mol. The molecule has 0 aliphatic rings. The Morgan fingerprint density at radius 2 is 2.30 bits per heavy atom. The molecule has 0 saturated carbocycles. The van der Waals surface area contributed by atoms with E-state index >= 15 is 0 Å². The number of hydrogen-bond acceptors (Lipinski definition) is 5. The smallest absolute Gasteiger partial charge is 0.340 e. The predicted octanol–water partition coefficient (Wildman–Crippen LogP) is 3.88. The van der Waals surface area contributed by atoms with Crippen molar-refractivity contribution >= 4 is 44.6 Å². The van der Waals surface area contributed by atoms with E-state index < -0.39 is 5.97 Å². The SMILES string of the molecule is CCOC(=O)c1cccc(NCc2cc(Br)cs2)c1N. The Hall–Kier alpha value is -1.53. The molecule has 6 heteroatoms. The Morgan fingerprint density at radius 3 is 2.95 bits per heavy atom. The first-order chi connectivity index (χ1) is 9.61. The zero-order valence-corrected chi connectivity index (χ0v) is 13.4. The summed E-state index contributed by atoms with van der Waals surface area (Å²) < 4.78 is 6.04. The minimum absolute atomic E-state index is 0.332. The van der Waals surface area contributed by atoms with Crippen LogP contribution in [0.2, 0.25) is 0 Å². The fourth-order valence-corrected chi connectivity index (χ4v) is 3.13. The monoisotopic (exact) mass is 354 g/mol. The average molecular weight is 355 g/mol. The van der Waals surface area contributed by atoms with Crippen LogP contribution < -0.4 is 11.1 Å². The van der Waals surface area contributed by atoms with E-state index in [2.05, 4.69) is 21.2 Å². The summed E-state index contributed by atoms with van der Waals surface area (Å²) in [4.78, 5) is 12.9. The van der Waals surface area contributed by atoms with Gasteiger partial charge in [-0.05, 0) is 41.1 Å². The minimum atomic E-state index is -0.396. The van der Waals surface area contributed by atoms with Crippen LogP contribution in [0.4, 0.5) is 11.4 Å². The molecule has 0 unspecified atom stereocenters. The third kappa shape index (κ3) is 3.52. The number of hydrogen-bond donors (Lipinski definition) is 2. The second kappa shape index (κ2) is 6.76. The number of nitrogens with two attached hydrogens (primary N) is 1. The van der Waals surface area contributed by atoms with E-state index in [9.17, 15) is 4.79 Å². The Labute approximate surface area is 130 Å². The molecule has 1 heterocycles. The zero-order valence-electron chi connectivity index (χ0n) is 11.0. The number of benzene rings is 1. The van der Waals surface area contributed by atoms with Crippen LogP contribution in [0.3, 0.4) is 0 Å². The molecule has 0 aliphatic heterocycles. The summed E-state index contributed by atoms with van der Waals surface area (Å²) >= 11 is 5.07. The number of carbonyl (C=O) groups is 1. The van der Waals surface area contributed by atoms with Crippen molar-refractivity contribution in [3.8, 4) is 0 Å². The summed E-state index contributed by atoms with van der Waals surface area (Å²) in [6.45, 7) is 2.76. The standard InChI is InChI=1S/C14H15BrN2O2S/c1-2-19-14(18)11-4-3-5-12(13(11)16)17-7-10-6-9(15)8-20-10/h3-6,8,17H,2,7,16H2,1H3. The van der Waals surface area contributed by atoms with Crippen molar-refractivity contribution in [1.29, 1.82) is 0 Å². The lowest BCUT2D eigenvalue weighted by molar-refractivity contribution is 0.0527. The first-order valence-electron chi connectivity index (χ1n) is 6.14. The van der Waals surface area contributed by atoms with Gasteiger partial charge in [-0.15, -0.1) is 11.3 Å². The molecule has 0 aliphatic carbocycles. The maximum Gasteiger partial charge on any atom is 0.340 e. The van der Waals surface area contributed by atoms with Crippen molar-refractivity contribution in [3.05, 3.63) is 44.6 Å². The van der Waals surface area contributed by atoms with Crippen molar-refractivity contribution in [2.24, 2.45) is 0 Å². The van der Waals surface area contributed by atoms with Gasteiger partial charge in [-0.25, -0.2) is 4.79 Å². The predicted molar refractivity (Wildman–Crippen MR) is 86.2 cm³/mol. The van der Waals surface area contributed by atoms with Gasteiger partial charge in [0.2, 0.25) is 0 Å². The molecule has 0 amide bonds. The molecule has 1 aromatic carbocycles. The number of ether oxygens (including phenoxy) is 1. The first kappa shape index (κ1) is 14.9. The van der Waals surface area contributed by atoms with Gasteiger partial charge >= 0.3 is 5.97 Å². The summed E-state index contributed by atoms with van der Waals surface area (Å²) in [6, 6.07) is 7.35. The van der Waals surface area contributed by atoms with Crippen LogP contribution in [0.15, 0.2) is 34.1 Å². The van der Waals surface area contributed by atoms with Gasteiger partial charge in [0, 0.05) is 21.3 Å². The molecule has 2 rings (SSSR count). The lowest BCUT2D eigenvalue weighted by Gasteiger charge is -2.11. The Bertz CT molecular complexity index is 613. The molecule has 3 N–H and O–H groups in total. The van der Waals surface area contributed by atoms with E-state index in [0.29, 0.717) is 24.4 Å². The van der Waals surface area contributed by atoms with Crippen LogP contribution in [0.1, 0.15) is 22.2 Å². The van der Waals surface area contributed by atoms with Crippen molar-refractivity contribution in [2.75, 3.05) is 17.7 Å². The van der Waals surface area contributed by atoms with Crippen LogP contribution in [-0.2, 0) is 11.3 Å². The number of rotatable bonds is 5. The van der Waals surface area contributed by atoms with E-state index in [1.54, 1.807) is 30.4 Å². The fraction of sp³-hybridized carbons (Fsp3) is 0.214. The Kier molecular flexibility index (Phi) is 5.03. The van der Waals surface area contributed by atoms with Crippen LogP contribution in [0.25, 0.3) is 0 Å². The maximum atomic E-state index is 11.8. The number of thiophene rings is 1. The lowest BCUT2D eigenvalue weighted by atomic mass is 10.1.